The number of nitrogens with one attached hydrogen (secondary N) is 1. The maximum absolute atomic E-state index is 11.0. The Kier molecular flexibility index (Phi) is 5.45. The number of hydrogen-bond donors (Lipinski definition) is 3. The predicted octanol–water partition coefficient (Wildman–Crippen LogP) is 0.851. The lowest BCUT2D eigenvalue weighted by Gasteiger charge is -2.10. The molecule has 1 atom stereocenters. The van der Waals surface area contributed by atoms with Crippen LogP contribution in [0.25, 0.3) is 0 Å². The predicted molar refractivity (Wildman–Crippen MR) is 63.8 cm³/mol. The van der Waals surface area contributed by atoms with E-state index in [0.717, 1.165) is 17.7 Å². The van der Waals surface area contributed by atoms with Gasteiger partial charge in [-0.05, 0) is 30.5 Å². The summed E-state index contributed by atoms with van der Waals surface area (Å²) in [5.74, 6) is 0.215. The zero-order valence-electron chi connectivity index (χ0n) is 9.85. The molecule has 5 heteroatoms. The highest BCUT2D eigenvalue weighted by atomic mass is 16.5. The molecule has 0 saturated carbocycles. The summed E-state index contributed by atoms with van der Waals surface area (Å²) in [6.07, 6.45) is 1.34. The Hall–Kier alpha value is -1.59. The van der Waals surface area contributed by atoms with Crippen molar-refractivity contribution in [3.63, 3.8) is 0 Å². The monoisotopic (exact) mass is 238 g/mol. The maximum atomic E-state index is 11.0. The van der Waals surface area contributed by atoms with Gasteiger partial charge in [0.25, 0.3) is 5.91 Å². The molecule has 0 aliphatic rings. The summed E-state index contributed by atoms with van der Waals surface area (Å²) in [6, 6.07) is 6.65. The van der Waals surface area contributed by atoms with Crippen molar-refractivity contribution in [3.05, 3.63) is 29.8 Å². The fourth-order valence-corrected chi connectivity index (χ4v) is 1.37. The van der Waals surface area contributed by atoms with E-state index in [1.807, 2.05) is 31.2 Å². The number of ether oxygens (including phenoxy) is 1. The molecule has 0 radical (unpaired) electrons. The number of hydroxylamine groups is 1. The fourth-order valence-electron chi connectivity index (χ4n) is 1.37. The summed E-state index contributed by atoms with van der Waals surface area (Å²) in [4.78, 5) is 11.0. The van der Waals surface area contributed by atoms with Crippen LogP contribution in [-0.4, -0.2) is 23.8 Å². The van der Waals surface area contributed by atoms with E-state index in [-0.39, 0.29) is 0 Å². The number of carbonyl (C=O) groups excluding carboxylic acids is 1. The van der Waals surface area contributed by atoms with Gasteiger partial charge in [-0.25, -0.2) is 5.48 Å². The largest absolute Gasteiger partial charge is 0.494 e. The first kappa shape index (κ1) is 13.5. The van der Waals surface area contributed by atoms with Crippen molar-refractivity contribution in [2.75, 3.05) is 6.61 Å². The molecule has 94 valence electrons. The van der Waals surface area contributed by atoms with Crippen molar-refractivity contribution in [1.29, 1.82) is 0 Å². The van der Waals surface area contributed by atoms with E-state index in [1.165, 1.54) is 5.48 Å². The van der Waals surface area contributed by atoms with Crippen molar-refractivity contribution in [3.8, 4) is 5.75 Å². The zero-order valence-corrected chi connectivity index (χ0v) is 9.85. The molecule has 1 aromatic carbocycles. The smallest absolute Gasteiger partial charge is 0.260 e. The van der Waals surface area contributed by atoms with E-state index >= 15 is 0 Å². The van der Waals surface area contributed by atoms with Crippen LogP contribution in [0.3, 0.4) is 0 Å². The molecule has 0 heterocycles. The first-order valence-electron chi connectivity index (χ1n) is 5.58. The number of hydrogen-bond acceptors (Lipinski definition) is 4. The molecule has 0 aliphatic heterocycles. The Morgan fingerprint density at radius 3 is 2.65 bits per heavy atom. The topological polar surface area (TPSA) is 84.6 Å². The van der Waals surface area contributed by atoms with Gasteiger partial charge in [-0.1, -0.05) is 19.1 Å². The van der Waals surface area contributed by atoms with Gasteiger partial charge in [-0.3, -0.25) is 10.0 Å². The SMILES string of the molecule is CCCOc1ccc(CC(N)C(=O)NO)cc1. The summed E-state index contributed by atoms with van der Waals surface area (Å²) in [6.45, 7) is 2.73. The van der Waals surface area contributed by atoms with E-state index in [1.54, 1.807) is 0 Å². The van der Waals surface area contributed by atoms with Gasteiger partial charge in [0.15, 0.2) is 0 Å². The second-order valence-corrected chi connectivity index (χ2v) is 3.78. The Labute approximate surface area is 101 Å². The molecule has 0 saturated heterocycles. The maximum Gasteiger partial charge on any atom is 0.260 e. The van der Waals surface area contributed by atoms with E-state index in [9.17, 15) is 4.79 Å². The molecule has 0 aliphatic carbocycles. The minimum atomic E-state index is -0.748. The number of benzene rings is 1. The third-order valence-corrected chi connectivity index (χ3v) is 2.30. The fraction of sp³-hybridized carbons (Fsp3) is 0.417. The van der Waals surface area contributed by atoms with Crippen LogP contribution < -0.4 is 16.0 Å². The Bertz CT molecular complexity index is 351. The zero-order chi connectivity index (χ0) is 12.7. The highest BCUT2D eigenvalue weighted by molar-refractivity contribution is 5.80. The average Bonchev–Trinajstić information content (AvgIpc) is 2.37. The molecule has 5 nitrogen and oxygen atoms in total. The van der Waals surface area contributed by atoms with Crippen LogP contribution in [0, 0.1) is 0 Å². The van der Waals surface area contributed by atoms with E-state index in [4.69, 9.17) is 15.7 Å². The lowest BCUT2D eigenvalue weighted by Crippen LogP contribution is -2.40. The van der Waals surface area contributed by atoms with Gasteiger partial charge in [0.05, 0.1) is 12.6 Å². The summed E-state index contributed by atoms with van der Waals surface area (Å²) in [5, 5.41) is 8.42. The summed E-state index contributed by atoms with van der Waals surface area (Å²) in [5.41, 5.74) is 8.03. The molecule has 1 rings (SSSR count). The van der Waals surface area contributed by atoms with Gasteiger partial charge in [0.2, 0.25) is 0 Å². The van der Waals surface area contributed by atoms with Crippen LogP contribution >= 0.6 is 0 Å². The van der Waals surface area contributed by atoms with Crippen molar-refractivity contribution in [2.24, 2.45) is 5.73 Å². The van der Waals surface area contributed by atoms with E-state index in [0.29, 0.717) is 13.0 Å². The Morgan fingerprint density at radius 1 is 1.47 bits per heavy atom. The van der Waals surface area contributed by atoms with Crippen molar-refractivity contribution < 1.29 is 14.7 Å². The first-order chi connectivity index (χ1) is 8.17. The lowest BCUT2D eigenvalue weighted by atomic mass is 10.1. The molecule has 0 bridgehead atoms. The van der Waals surface area contributed by atoms with Gasteiger partial charge in [0, 0.05) is 0 Å². The van der Waals surface area contributed by atoms with Crippen molar-refractivity contribution >= 4 is 5.91 Å². The van der Waals surface area contributed by atoms with Gasteiger partial charge in [-0.2, -0.15) is 0 Å². The molecule has 1 amide bonds. The van der Waals surface area contributed by atoms with Crippen LogP contribution in [0.5, 0.6) is 5.75 Å². The molecule has 0 spiro atoms. The molecule has 17 heavy (non-hydrogen) atoms. The number of carbonyl (C=O) groups is 1. The minimum Gasteiger partial charge on any atom is -0.494 e. The Balaban J connectivity index is 2.53. The highest BCUT2D eigenvalue weighted by Gasteiger charge is 2.12. The van der Waals surface area contributed by atoms with Gasteiger partial charge in [0.1, 0.15) is 5.75 Å². The lowest BCUT2D eigenvalue weighted by molar-refractivity contribution is -0.130. The standard InChI is InChI=1S/C12H18N2O3/c1-2-7-17-10-5-3-9(4-6-10)8-11(13)12(15)14-16/h3-6,11,16H,2,7-8,13H2,1H3,(H,14,15). The second-order valence-electron chi connectivity index (χ2n) is 3.78. The average molecular weight is 238 g/mol. The molecule has 1 aromatic rings. The molecular formula is C12H18N2O3. The number of amides is 1. The van der Waals surface area contributed by atoms with Gasteiger partial charge >= 0.3 is 0 Å². The highest BCUT2D eigenvalue weighted by Crippen LogP contribution is 2.13. The second kappa shape index (κ2) is 6.88. The molecule has 0 aromatic heterocycles. The molecule has 1 unspecified atom stereocenters. The summed E-state index contributed by atoms with van der Waals surface area (Å²) in [7, 11) is 0. The quantitative estimate of drug-likeness (QED) is 0.506. The van der Waals surface area contributed by atoms with E-state index in [2.05, 4.69) is 0 Å². The first-order valence-corrected chi connectivity index (χ1v) is 5.58. The van der Waals surface area contributed by atoms with Crippen LogP contribution in [0.2, 0.25) is 0 Å². The van der Waals surface area contributed by atoms with Crippen molar-refractivity contribution in [1.82, 2.24) is 5.48 Å². The van der Waals surface area contributed by atoms with Crippen LogP contribution in [-0.2, 0) is 11.2 Å². The minimum absolute atomic E-state index is 0.375. The van der Waals surface area contributed by atoms with Gasteiger partial charge in [-0.15, -0.1) is 0 Å². The molecular weight excluding hydrogens is 220 g/mol. The Morgan fingerprint density at radius 2 is 2.12 bits per heavy atom. The van der Waals surface area contributed by atoms with E-state index < -0.39 is 11.9 Å². The molecule has 4 N–H and O–H groups in total. The summed E-state index contributed by atoms with van der Waals surface area (Å²) >= 11 is 0. The number of nitrogens with two attached hydrogens (primary N) is 1. The third kappa shape index (κ3) is 4.42. The normalized spacial score (nSPS) is 11.9. The third-order valence-electron chi connectivity index (χ3n) is 2.30. The van der Waals surface area contributed by atoms with Crippen LogP contribution in [0.4, 0.5) is 0 Å². The molecule has 0 fully saturated rings. The summed E-state index contributed by atoms with van der Waals surface area (Å²) < 4.78 is 5.43. The van der Waals surface area contributed by atoms with Gasteiger partial charge < -0.3 is 10.5 Å². The number of rotatable bonds is 6. The van der Waals surface area contributed by atoms with Crippen molar-refractivity contribution in [2.45, 2.75) is 25.8 Å². The van der Waals surface area contributed by atoms with Crippen LogP contribution in [0.1, 0.15) is 18.9 Å². The van der Waals surface area contributed by atoms with Crippen LogP contribution in [0.15, 0.2) is 24.3 Å².